The number of piperazine rings is 1. The van der Waals surface area contributed by atoms with Crippen LogP contribution in [0.25, 0.3) is 0 Å². The van der Waals surface area contributed by atoms with E-state index in [0.717, 1.165) is 32.7 Å². The molecule has 1 heterocycles. The molecule has 0 spiro atoms. The molecule has 4 nitrogen and oxygen atoms in total. The second-order valence-corrected chi connectivity index (χ2v) is 5.35. The molecule has 1 N–H and O–H groups in total. The molecule has 1 aromatic rings. The maximum atomic E-state index is 13.2. The number of likely N-dealkylation sites (N-methyl/N-ethyl adjacent to an activating group) is 1. The maximum Gasteiger partial charge on any atom is 0.125 e. The summed E-state index contributed by atoms with van der Waals surface area (Å²) in [7, 11) is 2.13. The first kappa shape index (κ1) is 15.2. The Balaban J connectivity index is 1.85. The molecule has 1 aliphatic heterocycles. The van der Waals surface area contributed by atoms with Crippen molar-refractivity contribution in [2.24, 2.45) is 0 Å². The topological polar surface area (TPSA) is 35.9 Å². The van der Waals surface area contributed by atoms with Gasteiger partial charge >= 0.3 is 0 Å². The van der Waals surface area contributed by atoms with E-state index in [0.29, 0.717) is 17.9 Å². The highest BCUT2D eigenvalue weighted by atomic mass is 19.1. The van der Waals surface area contributed by atoms with Gasteiger partial charge in [0.15, 0.2) is 0 Å². The van der Waals surface area contributed by atoms with Crippen LogP contribution in [-0.2, 0) is 0 Å². The average molecular weight is 282 g/mol. The molecular weight excluding hydrogens is 259 g/mol. The molecular formula is C15H23FN2O2. The van der Waals surface area contributed by atoms with Gasteiger partial charge in [-0.3, -0.25) is 4.90 Å². The summed E-state index contributed by atoms with van der Waals surface area (Å²) >= 11 is 0. The van der Waals surface area contributed by atoms with Crippen LogP contribution in [0.4, 0.5) is 4.39 Å². The van der Waals surface area contributed by atoms with Gasteiger partial charge in [-0.25, -0.2) is 4.39 Å². The number of halogens is 1. The Kier molecular flexibility index (Phi) is 5.34. The van der Waals surface area contributed by atoms with Crippen LogP contribution >= 0.6 is 0 Å². The molecule has 5 heteroatoms. The number of rotatable bonds is 5. The summed E-state index contributed by atoms with van der Waals surface area (Å²) < 4.78 is 18.9. The second kappa shape index (κ2) is 7.02. The first-order chi connectivity index (χ1) is 9.56. The molecule has 1 aliphatic rings. The average Bonchev–Trinajstić information content (AvgIpc) is 2.42. The summed E-state index contributed by atoms with van der Waals surface area (Å²) in [6.45, 7) is 7.27. The molecule has 112 valence electrons. The molecule has 1 unspecified atom stereocenters. The van der Waals surface area contributed by atoms with E-state index in [4.69, 9.17) is 4.74 Å². The molecule has 1 saturated heterocycles. The number of aliphatic hydroxyl groups excluding tert-OH is 1. The zero-order chi connectivity index (χ0) is 14.5. The normalized spacial score (nSPS) is 19.0. The molecule has 0 aliphatic carbocycles. The SMILES string of the molecule is CC(O)c1cc(F)ccc1OCCN1CCN(C)CC1. The minimum atomic E-state index is -0.732. The van der Waals surface area contributed by atoms with Crippen molar-refractivity contribution in [2.45, 2.75) is 13.0 Å². The van der Waals surface area contributed by atoms with Crippen LogP contribution in [0, 0.1) is 5.82 Å². The van der Waals surface area contributed by atoms with Crippen molar-refractivity contribution in [3.8, 4) is 5.75 Å². The summed E-state index contributed by atoms with van der Waals surface area (Å²) in [5.41, 5.74) is 0.503. The monoisotopic (exact) mass is 282 g/mol. The van der Waals surface area contributed by atoms with Crippen LogP contribution in [0.5, 0.6) is 5.75 Å². The number of aliphatic hydroxyl groups is 1. The van der Waals surface area contributed by atoms with Gasteiger partial charge in [0, 0.05) is 38.3 Å². The van der Waals surface area contributed by atoms with Crippen molar-refractivity contribution in [3.63, 3.8) is 0 Å². The lowest BCUT2D eigenvalue weighted by molar-refractivity contribution is 0.131. The zero-order valence-electron chi connectivity index (χ0n) is 12.2. The molecule has 2 rings (SSSR count). The number of benzene rings is 1. The molecule has 0 saturated carbocycles. The largest absolute Gasteiger partial charge is 0.492 e. The van der Waals surface area contributed by atoms with Gasteiger partial charge in [0.1, 0.15) is 18.2 Å². The van der Waals surface area contributed by atoms with E-state index >= 15 is 0 Å². The summed E-state index contributed by atoms with van der Waals surface area (Å²) in [6, 6.07) is 4.27. The van der Waals surface area contributed by atoms with Crippen molar-refractivity contribution in [3.05, 3.63) is 29.6 Å². The summed E-state index contributed by atoms with van der Waals surface area (Å²) in [5, 5.41) is 9.64. The Morgan fingerprint density at radius 2 is 2.00 bits per heavy atom. The van der Waals surface area contributed by atoms with E-state index in [1.54, 1.807) is 13.0 Å². The highest BCUT2D eigenvalue weighted by Gasteiger charge is 2.14. The third-order valence-corrected chi connectivity index (χ3v) is 3.68. The summed E-state index contributed by atoms with van der Waals surface area (Å²) in [5.74, 6) is 0.211. The number of nitrogens with zero attached hydrogens (tertiary/aromatic N) is 2. The fraction of sp³-hybridized carbons (Fsp3) is 0.600. The lowest BCUT2D eigenvalue weighted by Crippen LogP contribution is -2.45. The van der Waals surface area contributed by atoms with E-state index in [1.807, 2.05) is 0 Å². The smallest absolute Gasteiger partial charge is 0.125 e. The number of hydrogen-bond acceptors (Lipinski definition) is 4. The number of hydrogen-bond donors (Lipinski definition) is 1. The standard InChI is InChI=1S/C15H23FN2O2/c1-12(19)14-11-13(16)3-4-15(14)20-10-9-18-7-5-17(2)6-8-18/h3-4,11-12,19H,5-10H2,1-2H3. The molecule has 0 amide bonds. The highest BCUT2D eigenvalue weighted by Crippen LogP contribution is 2.25. The minimum absolute atomic E-state index is 0.354. The van der Waals surface area contributed by atoms with Crippen LogP contribution < -0.4 is 4.74 Å². The summed E-state index contributed by atoms with van der Waals surface area (Å²) in [6.07, 6.45) is -0.732. The molecule has 0 radical (unpaired) electrons. The Morgan fingerprint density at radius 3 is 2.65 bits per heavy atom. The Bertz CT molecular complexity index is 432. The first-order valence-electron chi connectivity index (χ1n) is 7.07. The van der Waals surface area contributed by atoms with Crippen molar-refractivity contribution >= 4 is 0 Å². The Hall–Kier alpha value is -1.17. The molecule has 1 fully saturated rings. The fourth-order valence-electron chi connectivity index (χ4n) is 2.33. The van der Waals surface area contributed by atoms with Gasteiger partial charge in [0.2, 0.25) is 0 Å². The first-order valence-corrected chi connectivity index (χ1v) is 7.07. The third-order valence-electron chi connectivity index (χ3n) is 3.68. The van der Waals surface area contributed by atoms with E-state index in [9.17, 15) is 9.50 Å². The van der Waals surface area contributed by atoms with E-state index in [2.05, 4.69) is 16.8 Å². The van der Waals surface area contributed by atoms with Gasteiger partial charge in [0.25, 0.3) is 0 Å². The van der Waals surface area contributed by atoms with Crippen molar-refractivity contribution in [1.29, 1.82) is 0 Å². The van der Waals surface area contributed by atoms with Crippen LogP contribution in [0.15, 0.2) is 18.2 Å². The van der Waals surface area contributed by atoms with Gasteiger partial charge in [-0.1, -0.05) is 0 Å². The van der Waals surface area contributed by atoms with Gasteiger partial charge in [-0.2, -0.15) is 0 Å². The van der Waals surface area contributed by atoms with E-state index in [-0.39, 0.29) is 5.82 Å². The quantitative estimate of drug-likeness (QED) is 0.888. The van der Waals surface area contributed by atoms with Crippen molar-refractivity contribution in [2.75, 3.05) is 46.4 Å². The molecule has 0 aromatic heterocycles. The molecule has 1 aromatic carbocycles. The lowest BCUT2D eigenvalue weighted by atomic mass is 10.1. The predicted molar refractivity (Wildman–Crippen MR) is 76.5 cm³/mol. The van der Waals surface area contributed by atoms with Crippen LogP contribution in [0.3, 0.4) is 0 Å². The van der Waals surface area contributed by atoms with Gasteiger partial charge in [-0.15, -0.1) is 0 Å². The maximum absolute atomic E-state index is 13.2. The molecule has 20 heavy (non-hydrogen) atoms. The van der Waals surface area contributed by atoms with Crippen LogP contribution in [-0.4, -0.2) is 61.3 Å². The third kappa shape index (κ3) is 4.16. The van der Waals surface area contributed by atoms with Crippen LogP contribution in [0.2, 0.25) is 0 Å². The van der Waals surface area contributed by atoms with Gasteiger partial charge < -0.3 is 14.7 Å². The van der Waals surface area contributed by atoms with Crippen molar-refractivity contribution < 1.29 is 14.2 Å². The van der Waals surface area contributed by atoms with E-state index in [1.165, 1.54) is 12.1 Å². The van der Waals surface area contributed by atoms with Crippen LogP contribution in [0.1, 0.15) is 18.6 Å². The zero-order valence-corrected chi connectivity index (χ0v) is 12.2. The lowest BCUT2D eigenvalue weighted by Gasteiger charge is -2.32. The highest BCUT2D eigenvalue weighted by molar-refractivity contribution is 5.35. The minimum Gasteiger partial charge on any atom is -0.492 e. The van der Waals surface area contributed by atoms with Crippen molar-refractivity contribution in [1.82, 2.24) is 9.80 Å². The molecule has 1 atom stereocenters. The van der Waals surface area contributed by atoms with Gasteiger partial charge in [-0.05, 0) is 32.2 Å². The van der Waals surface area contributed by atoms with E-state index < -0.39 is 6.10 Å². The summed E-state index contributed by atoms with van der Waals surface area (Å²) in [4.78, 5) is 4.66. The van der Waals surface area contributed by atoms with Gasteiger partial charge in [0.05, 0.1) is 6.10 Å². The molecule has 0 bridgehead atoms. The Labute approximate surface area is 119 Å². The Morgan fingerprint density at radius 1 is 1.30 bits per heavy atom. The number of ether oxygens (including phenoxy) is 1. The predicted octanol–water partition coefficient (Wildman–Crippen LogP) is 1.51. The second-order valence-electron chi connectivity index (χ2n) is 5.35. The fourth-order valence-corrected chi connectivity index (χ4v) is 2.33.